The minimum Gasteiger partial charge on any atom is -0.395 e. The van der Waals surface area contributed by atoms with Gasteiger partial charge in [-0.25, -0.2) is 0 Å². The molecule has 2 heteroatoms. The Morgan fingerprint density at radius 2 is 2.07 bits per heavy atom. The molecule has 0 heterocycles. The Bertz CT molecular complexity index is 320. The summed E-state index contributed by atoms with van der Waals surface area (Å²) >= 11 is 0. The van der Waals surface area contributed by atoms with Crippen molar-refractivity contribution in [2.45, 2.75) is 18.8 Å². The van der Waals surface area contributed by atoms with Gasteiger partial charge in [0.15, 0.2) is 0 Å². The van der Waals surface area contributed by atoms with Gasteiger partial charge >= 0.3 is 0 Å². The molecular weight excluding hydrogens is 174 g/mol. The van der Waals surface area contributed by atoms with Crippen LogP contribution in [-0.2, 0) is 5.41 Å². The SMILES string of the molecule is Cc1ccc(C2(CO)CC2CN)cc1. The molecule has 1 saturated carbocycles. The molecule has 76 valence electrons. The summed E-state index contributed by atoms with van der Waals surface area (Å²) < 4.78 is 0. The zero-order chi connectivity index (χ0) is 10.2. The summed E-state index contributed by atoms with van der Waals surface area (Å²) in [4.78, 5) is 0. The second-order valence-electron chi connectivity index (χ2n) is 4.32. The third-order valence-electron chi connectivity index (χ3n) is 3.43. The fourth-order valence-corrected chi connectivity index (χ4v) is 2.21. The molecule has 0 saturated heterocycles. The predicted molar refractivity (Wildman–Crippen MR) is 57.1 cm³/mol. The van der Waals surface area contributed by atoms with Crippen LogP contribution < -0.4 is 5.73 Å². The quantitative estimate of drug-likeness (QED) is 0.754. The molecule has 0 aliphatic heterocycles. The molecule has 2 atom stereocenters. The molecule has 1 aromatic carbocycles. The average molecular weight is 191 g/mol. The monoisotopic (exact) mass is 191 g/mol. The molecule has 2 rings (SSSR count). The van der Waals surface area contributed by atoms with E-state index in [9.17, 15) is 5.11 Å². The number of aliphatic hydroxyl groups is 1. The van der Waals surface area contributed by atoms with Crippen molar-refractivity contribution in [3.63, 3.8) is 0 Å². The van der Waals surface area contributed by atoms with Crippen molar-refractivity contribution in [2.24, 2.45) is 11.7 Å². The molecule has 14 heavy (non-hydrogen) atoms. The fourth-order valence-electron chi connectivity index (χ4n) is 2.21. The first-order valence-corrected chi connectivity index (χ1v) is 5.11. The van der Waals surface area contributed by atoms with Crippen molar-refractivity contribution in [3.05, 3.63) is 35.4 Å². The van der Waals surface area contributed by atoms with Crippen LogP contribution in [0.1, 0.15) is 17.5 Å². The maximum Gasteiger partial charge on any atom is 0.0531 e. The van der Waals surface area contributed by atoms with Gasteiger partial charge in [0.1, 0.15) is 0 Å². The molecule has 1 aliphatic rings. The zero-order valence-electron chi connectivity index (χ0n) is 8.53. The molecule has 0 aromatic heterocycles. The van der Waals surface area contributed by atoms with Gasteiger partial charge in [0, 0.05) is 5.41 Å². The van der Waals surface area contributed by atoms with Gasteiger partial charge in [0.05, 0.1) is 6.61 Å². The lowest BCUT2D eigenvalue weighted by atomic mass is 9.93. The molecule has 1 aliphatic carbocycles. The van der Waals surface area contributed by atoms with Crippen LogP contribution in [0.4, 0.5) is 0 Å². The van der Waals surface area contributed by atoms with Crippen LogP contribution in [0.2, 0.25) is 0 Å². The molecule has 0 bridgehead atoms. The van der Waals surface area contributed by atoms with Gasteiger partial charge in [-0.3, -0.25) is 0 Å². The maximum atomic E-state index is 9.43. The van der Waals surface area contributed by atoms with Crippen LogP contribution in [0.5, 0.6) is 0 Å². The number of hydrogen-bond acceptors (Lipinski definition) is 2. The minimum atomic E-state index is -0.0253. The predicted octanol–water partition coefficient (Wildman–Crippen LogP) is 1.20. The van der Waals surface area contributed by atoms with E-state index >= 15 is 0 Å². The van der Waals surface area contributed by atoms with E-state index in [1.54, 1.807) is 0 Å². The van der Waals surface area contributed by atoms with Crippen LogP contribution in [0.25, 0.3) is 0 Å². The summed E-state index contributed by atoms with van der Waals surface area (Å²) in [5.74, 6) is 0.468. The Kier molecular flexibility index (Phi) is 2.33. The topological polar surface area (TPSA) is 46.2 Å². The standard InChI is InChI=1S/C12H17NO/c1-9-2-4-10(5-3-9)12(8-14)6-11(12)7-13/h2-5,11,14H,6-8,13H2,1H3. The van der Waals surface area contributed by atoms with Gasteiger partial charge in [-0.2, -0.15) is 0 Å². The van der Waals surface area contributed by atoms with E-state index in [1.165, 1.54) is 11.1 Å². The first-order chi connectivity index (χ1) is 6.73. The lowest BCUT2D eigenvalue weighted by molar-refractivity contribution is 0.246. The van der Waals surface area contributed by atoms with E-state index in [2.05, 4.69) is 31.2 Å². The highest BCUT2D eigenvalue weighted by Crippen LogP contribution is 2.53. The third kappa shape index (κ3) is 1.35. The van der Waals surface area contributed by atoms with E-state index < -0.39 is 0 Å². The first-order valence-electron chi connectivity index (χ1n) is 5.11. The second-order valence-corrected chi connectivity index (χ2v) is 4.32. The maximum absolute atomic E-state index is 9.43. The van der Waals surface area contributed by atoms with Gasteiger partial charge in [-0.05, 0) is 31.4 Å². The van der Waals surface area contributed by atoms with E-state index in [4.69, 9.17) is 5.73 Å². The normalized spacial score (nSPS) is 30.4. The van der Waals surface area contributed by atoms with Gasteiger partial charge < -0.3 is 10.8 Å². The molecule has 0 amide bonds. The van der Waals surface area contributed by atoms with Crippen molar-refractivity contribution in [1.29, 1.82) is 0 Å². The van der Waals surface area contributed by atoms with Crippen molar-refractivity contribution in [1.82, 2.24) is 0 Å². The molecule has 2 unspecified atom stereocenters. The molecule has 2 nitrogen and oxygen atoms in total. The van der Waals surface area contributed by atoms with Crippen LogP contribution in [-0.4, -0.2) is 18.3 Å². The first kappa shape index (κ1) is 9.69. The highest BCUT2D eigenvalue weighted by molar-refractivity contribution is 5.35. The van der Waals surface area contributed by atoms with Crippen molar-refractivity contribution in [3.8, 4) is 0 Å². The van der Waals surface area contributed by atoms with Gasteiger partial charge in [0.25, 0.3) is 0 Å². The largest absolute Gasteiger partial charge is 0.395 e. The Labute approximate surface area is 84.7 Å². The minimum absolute atomic E-state index is 0.0253. The lowest BCUT2D eigenvalue weighted by Crippen LogP contribution is -2.19. The van der Waals surface area contributed by atoms with Crippen LogP contribution >= 0.6 is 0 Å². The third-order valence-corrected chi connectivity index (χ3v) is 3.43. The summed E-state index contributed by atoms with van der Waals surface area (Å²) in [5, 5.41) is 9.43. The van der Waals surface area contributed by atoms with Crippen LogP contribution in [0.3, 0.4) is 0 Å². The highest BCUT2D eigenvalue weighted by atomic mass is 16.3. The van der Waals surface area contributed by atoms with Crippen molar-refractivity contribution >= 4 is 0 Å². The van der Waals surface area contributed by atoms with Crippen molar-refractivity contribution in [2.75, 3.05) is 13.2 Å². The summed E-state index contributed by atoms with van der Waals surface area (Å²) in [7, 11) is 0. The summed E-state index contributed by atoms with van der Waals surface area (Å²) in [6, 6.07) is 8.42. The van der Waals surface area contributed by atoms with Gasteiger partial charge in [-0.15, -0.1) is 0 Å². The summed E-state index contributed by atoms with van der Waals surface area (Å²) in [5.41, 5.74) is 8.11. The number of aliphatic hydroxyl groups excluding tert-OH is 1. The Hall–Kier alpha value is -0.860. The zero-order valence-corrected chi connectivity index (χ0v) is 8.53. The van der Waals surface area contributed by atoms with Gasteiger partial charge in [0.2, 0.25) is 0 Å². The number of nitrogens with two attached hydrogens (primary N) is 1. The number of hydrogen-bond donors (Lipinski definition) is 2. The Morgan fingerprint density at radius 3 is 2.50 bits per heavy atom. The summed E-state index contributed by atoms with van der Waals surface area (Å²) in [6.07, 6.45) is 1.03. The molecule has 3 N–H and O–H groups in total. The lowest BCUT2D eigenvalue weighted by Gasteiger charge is -2.14. The number of rotatable bonds is 3. The molecule has 1 fully saturated rings. The number of benzene rings is 1. The van der Waals surface area contributed by atoms with Crippen LogP contribution in [0, 0.1) is 12.8 Å². The smallest absolute Gasteiger partial charge is 0.0531 e. The van der Waals surface area contributed by atoms with E-state index in [0.29, 0.717) is 12.5 Å². The van der Waals surface area contributed by atoms with Crippen molar-refractivity contribution < 1.29 is 5.11 Å². The van der Waals surface area contributed by atoms with Gasteiger partial charge in [-0.1, -0.05) is 29.8 Å². The van der Waals surface area contributed by atoms with E-state index in [-0.39, 0.29) is 12.0 Å². The number of aryl methyl sites for hydroxylation is 1. The fraction of sp³-hybridized carbons (Fsp3) is 0.500. The molecule has 0 spiro atoms. The van der Waals surface area contributed by atoms with E-state index in [1.807, 2.05) is 0 Å². The summed E-state index contributed by atoms with van der Waals surface area (Å²) in [6.45, 7) is 2.97. The Balaban J connectivity index is 2.26. The highest BCUT2D eigenvalue weighted by Gasteiger charge is 2.53. The average Bonchev–Trinajstić information content (AvgIpc) is 2.94. The molecule has 0 radical (unpaired) electrons. The molecular formula is C12H17NO. The molecule has 1 aromatic rings. The van der Waals surface area contributed by atoms with Crippen LogP contribution in [0.15, 0.2) is 24.3 Å². The van der Waals surface area contributed by atoms with E-state index in [0.717, 1.165) is 6.42 Å². The Morgan fingerprint density at radius 1 is 1.43 bits per heavy atom. The second kappa shape index (κ2) is 3.37.